The van der Waals surface area contributed by atoms with Crippen molar-refractivity contribution < 1.29 is 31.4 Å². The van der Waals surface area contributed by atoms with E-state index < -0.39 is 48.8 Å². The quantitative estimate of drug-likeness (QED) is 0.870. The highest BCUT2D eigenvalue weighted by atomic mass is 19.4. The van der Waals surface area contributed by atoms with Gasteiger partial charge in [-0.15, -0.1) is 0 Å². The molecule has 20 heavy (non-hydrogen) atoms. The summed E-state index contributed by atoms with van der Waals surface area (Å²) in [6.07, 6.45) is -4.72. The summed E-state index contributed by atoms with van der Waals surface area (Å²) < 4.78 is 77.4. The van der Waals surface area contributed by atoms with Crippen molar-refractivity contribution in [2.75, 3.05) is 24.6 Å². The fourth-order valence-electron chi connectivity index (χ4n) is 1.93. The number of aromatic nitrogens is 1. The molecule has 1 aliphatic rings. The number of hydrogen-bond acceptors (Lipinski definition) is 3. The third-order valence-corrected chi connectivity index (χ3v) is 3.01. The SMILES string of the molecule is OCC1(F)CN(c2ncccc2C(F)(F)C(F)(F)F)C1. The van der Waals surface area contributed by atoms with Crippen LogP contribution < -0.4 is 4.90 Å². The maximum Gasteiger partial charge on any atom is 0.458 e. The van der Waals surface area contributed by atoms with Crippen LogP contribution in [0.1, 0.15) is 5.56 Å². The first-order valence-electron chi connectivity index (χ1n) is 5.55. The summed E-state index contributed by atoms with van der Waals surface area (Å²) in [5.74, 6) is -5.71. The zero-order valence-electron chi connectivity index (χ0n) is 9.96. The van der Waals surface area contributed by atoms with Gasteiger partial charge in [0, 0.05) is 6.20 Å². The van der Waals surface area contributed by atoms with Gasteiger partial charge in [-0.2, -0.15) is 22.0 Å². The summed E-state index contributed by atoms with van der Waals surface area (Å²) in [7, 11) is 0. The van der Waals surface area contributed by atoms with Crippen molar-refractivity contribution in [1.82, 2.24) is 4.98 Å². The third-order valence-electron chi connectivity index (χ3n) is 3.01. The minimum absolute atomic E-state index is 0.485. The fraction of sp³-hybridized carbons (Fsp3) is 0.545. The van der Waals surface area contributed by atoms with E-state index in [1.807, 2.05) is 0 Å². The van der Waals surface area contributed by atoms with E-state index in [1.165, 1.54) is 0 Å². The molecule has 3 nitrogen and oxygen atoms in total. The van der Waals surface area contributed by atoms with Gasteiger partial charge in [0.05, 0.1) is 25.3 Å². The molecule has 0 amide bonds. The van der Waals surface area contributed by atoms with Crippen molar-refractivity contribution in [3.63, 3.8) is 0 Å². The lowest BCUT2D eigenvalue weighted by molar-refractivity contribution is -0.289. The van der Waals surface area contributed by atoms with Gasteiger partial charge in [-0.1, -0.05) is 0 Å². The lowest BCUT2D eigenvalue weighted by Crippen LogP contribution is -2.62. The first-order chi connectivity index (χ1) is 9.11. The summed E-state index contributed by atoms with van der Waals surface area (Å²) in [5.41, 5.74) is -3.32. The van der Waals surface area contributed by atoms with Crippen molar-refractivity contribution in [3.05, 3.63) is 23.9 Å². The minimum Gasteiger partial charge on any atom is -0.393 e. The molecule has 0 unspecified atom stereocenters. The third kappa shape index (κ3) is 2.30. The van der Waals surface area contributed by atoms with Gasteiger partial charge < -0.3 is 10.0 Å². The van der Waals surface area contributed by atoms with Gasteiger partial charge in [-0.25, -0.2) is 9.37 Å². The molecule has 1 fully saturated rings. The van der Waals surface area contributed by atoms with E-state index in [4.69, 9.17) is 5.11 Å². The van der Waals surface area contributed by atoms with E-state index in [2.05, 4.69) is 4.98 Å². The number of aliphatic hydroxyl groups is 1. The van der Waals surface area contributed by atoms with E-state index in [9.17, 15) is 26.3 Å². The van der Waals surface area contributed by atoms with Gasteiger partial charge in [0.1, 0.15) is 5.82 Å². The lowest BCUT2D eigenvalue weighted by Gasteiger charge is -2.45. The summed E-state index contributed by atoms with van der Waals surface area (Å²) in [4.78, 5) is 4.41. The normalized spacial score (nSPS) is 18.9. The van der Waals surface area contributed by atoms with Gasteiger partial charge in [-0.3, -0.25) is 0 Å². The van der Waals surface area contributed by atoms with Gasteiger partial charge in [0.25, 0.3) is 0 Å². The fourth-order valence-corrected chi connectivity index (χ4v) is 1.93. The van der Waals surface area contributed by atoms with Crippen LogP contribution in [0.3, 0.4) is 0 Å². The molecule has 1 aliphatic heterocycles. The van der Waals surface area contributed by atoms with Crippen molar-refractivity contribution in [2.24, 2.45) is 0 Å². The molecule has 1 aromatic rings. The summed E-state index contributed by atoms with van der Waals surface area (Å²) in [6.45, 7) is -1.80. The average molecular weight is 300 g/mol. The molecule has 0 bridgehead atoms. The molecule has 112 valence electrons. The van der Waals surface area contributed by atoms with Crippen LogP contribution in [0.25, 0.3) is 0 Å². The number of rotatable bonds is 3. The van der Waals surface area contributed by atoms with Crippen molar-refractivity contribution in [2.45, 2.75) is 17.8 Å². The lowest BCUT2D eigenvalue weighted by atomic mass is 9.96. The standard InChI is InChI=1S/C11H10F6N2O/c12-9(6-20)4-19(5-9)8-7(2-1-3-18-8)10(13,14)11(15,16)17/h1-3,20H,4-6H2. The van der Waals surface area contributed by atoms with Crippen molar-refractivity contribution in [1.29, 1.82) is 0 Å². The van der Waals surface area contributed by atoms with Crippen LogP contribution in [0, 0.1) is 0 Å². The van der Waals surface area contributed by atoms with Crippen LogP contribution in [-0.2, 0) is 5.92 Å². The molecular formula is C11H10F6N2O. The summed E-state index contributed by atoms with van der Waals surface area (Å²) in [6, 6.07) is 1.56. The van der Waals surface area contributed by atoms with Crippen LogP contribution in [-0.4, -0.2) is 41.6 Å². The average Bonchev–Trinajstić information content (AvgIpc) is 2.33. The van der Waals surface area contributed by atoms with Crippen LogP contribution in [0.4, 0.5) is 32.2 Å². The molecule has 0 aromatic carbocycles. The van der Waals surface area contributed by atoms with Crippen LogP contribution in [0.15, 0.2) is 18.3 Å². The van der Waals surface area contributed by atoms with Crippen molar-refractivity contribution >= 4 is 5.82 Å². The number of alkyl halides is 6. The highest BCUT2D eigenvalue weighted by Crippen LogP contribution is 2.47. The van der Waals surface area contributed by atoms with Gasteiger partial charge >= 0.3 is 12.1 Å². The molecule has 0 spiro atoms. The van der Waals surface area contributed by atoms with Crippen LogP contribution in [0.2, 0.25) is 0 Å². The minimum atomic E-state index is -5.76. The van der Waals surface area contributed by atoms with E-state index in [1.54, 1.807) is 0 Å². The summed E-state index contributed by atoms with van der Waals surface area (Å²) in [5, 5.41) is 8.72. The van der Waals surface area contributed by atoms with Gasteiger partial charge in [0.2, 0.25) is 0 Å². The van der Waals surface area contributed by atoms with Gasteiger partial charge in [0.15, 0.2) is 5.67 Å². The zero-order valence-corrected chi connectivity index (χ0v) is 9.96. The molecule has 1 aromatic heterocycles. The first-order valence-corrected chi connectivity index (χ1v) is 5.55. The Balaban J connectivity index is 2.34. The second-order valence-electron chi connectivity index (χ2n) is 4.61. The molecular weight excluding hydrogens is 290 g/mol. The highest BCUT2D eigenvalue weighted by Gasteiger charge is 2.61. The predicted octanol–water partition coefficient (Wildman–Crippen LogP) is 2.26. The Hall–Kier alpha value is -1.51. The molecule has 2 heterocycles. The molecule has 0 saturated carbocycles. The molecule has 1 N–H and O–H groups in total. The zero-order chi connectivity index (χ0) is 15.2. The Morgan fingerprint density at radius 1 is 1.25 bits per heavy atom. The highest BCUT2D eigenvalue weighted by molar-refractivity contribution is 5.53. The van der Waals surface area contributed by atoms with E-state index in [0.717, 1.165) is 17.2 Å². The molecule has 1 saturated heterocycles. The van der Waals surface area contributed by atoms with E-state index in [0.29, 0.717) is 6.07 Å². The Bertz CT molecular complexity index is 498. The number of hydrogen-bond donors (Lipinski definition) is 1. The predicted molar refractivity (Wildman–Crippen MR) is 57.3 cm³/mol. The Morgan fingerprint density at radius 3 is 2.35 bits per heavy atom. The molecule has 2 rings (SSSR count). The number of nitrogens with zero attached hydrogens (tertiary/aromatic N) is 2. The number of anilines is 1. The van der Waals surface area contributed by atoms with E-state index in [-0.39, 0.29) is 0 Å². The van der Waals surface area contributed by atoms with Crippen LogP contribution in [0.5, 0.6) is 0 Å². The van der Waals surface area contributed by atoms with Gasteiger partial charge in [-0.05, 0) is 12.1 Å². The molecule has 0 aliphatic carbocycles. The largest absolute Gasteiger partial charge is 0.458 e. The van der Waals surface area contributed by atoms with Crippen molar-refractivity contribution in [3.8, 4) is 0 Å². The topological polar surface area (TPSA) is 36.4 Å². The summed E-state index contributed by atoms with van der Waals surface area (Å²) >= 11 is 0. The Kier molecular flexibility index (Phi) is 3.35. The molecule has 0 atom stereocenters. The molecule has 0 radical (unpaired) electrons. The monoisotopic (exact) mass is 300 g/mol. The second-order valence-corrected chi connectivity index (χ2v) is 4.61. The maximum absolute atomic E-state index is 13.5. The molecule has 9 heteroatoms. The maximum atomic E-state index is 13.5. The first kappa shape index (κ1) is 14.9. The Labute approximate surface area is 109 Å². The number of halogens is 6. The Morgan fingerprint density at radius 2 is 1.85 bits per heavy atom. The van der Waals surface area contributed by atoms with Crippen LogP contribution >= 0.6 is 0 Å². The second kappa shape index (κ2) is 4.51. The van der Waals surface area contributed by atoms with E-state index >= 15 is 0 Å². The number of aliphatic hydroxyl groups excluding tert-OH is 1. The number of pyridine rings is 1. The smallest absolute Gasteiger partial charge is 0.393 e.